The second kappa shape index (κ2) is 10.9. The van der Waals surface area contributed by atoms with Crippen molar-refractivity contribution in [2.75, 3.05) is 0 Å². The molecule has 0 bridgehead atoms. The Hall–Kier alpha value is -5.58. The molecule has 0 radical (unpaired) electrons. The highest BCUT2D eigenvalue weighted by Crippen LogP contribution is 2.38. The molecule has 0 saturated carbocycles. The molecule has 0 fully saturated rings. The first-order chi connectivity index (χ1) is 25.9. The zero-order valence-electron chi connectivity index (χ0n) is 32.8. The molecule has 208 valence electrons. The third-order valence-electron chi connectivity index (χ3n) is 7.17. The summed E-state index contributed by atoms with van der Waals surface area (Å²) in [6.07, 6.45) is 0. The Kier molecular flexibility index (Phi) is 4.35. The van der Waals surface area contributed by atoms with Crippen LogP contribution in [0.3, 0.4) is 0 Å². The van der Waals surface area contributed by atoms with E-state index in [0.717, 1.165) is 11.1 Å². The molecule has 8 aromatic rings. The fourth-order valence-corrected chi connectivity index (χ4v) is 5.36. The van der Waals surface area contributed by atoms with Gasteiger partial charge >= 0.3 is 0 Å². The van der Waals surface area contributed by atoms with Crippen molar-refractivity contribution in [2.45, 2.75) is 0 Å². The summed E-state index contributed by atoms with van der Waals surface area (Å²) in [6, 6.07) is 21.8. The Bertz CT molecular complexity index is 2760. The van der Waals surface area contributed by atoms with Crippen molar-refractivity contribution in [1.82, 2.24) is 19.5 Å². The standard InChI is InChI=1S/C39H25ClN4/c40-30-21-23-36(44-34-19-11-10-18-31(34)32-24-29(20-22-35(32)44)26-12-4-1-5-13-26)33(25-30)39-42-37(27-14-6-2-7-15-27)41-38(43-39)28-16-8-3-9-17-28/h1-25H/i1D,4D,5D,10D,12D,13D,18D,19D,22D,24D. The lowest BCUT2D eigenvalue weighted by Crippen LogP contribution is -2.03. The van der Waals surface area contributed by atoms with Crippen molar-refractivity contribution < 1.29 is 13.7 Å². The average molecular weight is 595 g/mol. The van der Waals surface area contributed by atoms with E-state index in [4.69, 9.17) is 37.5 Å². The van der Waals surface area contributed by atoms with Crippen LogP contribution in [0.2, 0.25) is 5.02 Å². The summed E-state index contributed by atoms with van der Waals surface area (Å²) in [5, 5.41) is 0.342. The van der Waals surface area contributed by atoms with E-state index in [1.165, 1.54) is 12.1 Å². The highest BCUT2D eigenvalue weighted by atomic mass is 35.5. The molecular formula is C39H25ClN4. The summed E-state index contributed by atoms with van der Waals surface area (Å²) in [5.74, 6) is 0.955. The Balaban J connectivity index is 1.50. The van der Waals surface area contributed by atoms with E-state index >= 15 is 0 Å². The Labute approximate surface area is 274 Å². The second-order valence-electron chi connectivity index (χ2n) is 9.87. The van der Waals surface area contributed by atoms with Crippen LogP contribution in [-0.2, 0) is 0 Å². The molecule has 5 heteroatoms. The molecule has 4 nitrogen and oxygen atoms in total. The predicted molar refractivity (Wildman–Crippen MR) is 181 cm³/mol. The van der Waals surface area contributed by atoms with Gasteiger partial charge in [-0.3, -0.25) is 0 Å². The highest BCUT2D eigenvalue weighted by Gasteiger charge is 2.20. The normalized spacial score (nSPS) is 14.5. The Morgan fingerprint density at radius 1 is 0.523 bits per heavy atom. The summed E-state index contributed by atoms with van der Waals surface area (Å²) in [5.41, 5.74) is 1.96. The summed E-state index contributed by atoms with van der Waals surface area (Å²) in [7, 11) is 0. The van der Waals surface area contributed by atoms with Gasteiger partial charge in [0.05, 0.1) is 30.4 Å². The van der Waals surface area contributed by atoms with Gasteiger partial charge in [-0.1, -0.05) is 127 Å². The molecule has 44 heavy (non-hydrogen) atoms. The van der Waals surface area contributed by atoms with Crippen LogP contribution < -0.4 is 0 Å². The van der Waals surface area contributed by atoms with Crippen molar-refractivity contribution in [3.8, 4) is 51.0 Å². The topological polar surface area (TPSA) is 43.6 Å². The number of fused-ring (bicyclic) bond motifs is 3. The first kappa shape index (κ1) is 17.5. The number of nitrogens with zero attached hydrogens (tertiary/aromatic N) is 4. The van der Waals surface area contributed by atoms with Crippen LogP contribution in [0.1, 0.15) is 13.7 Å². The summed E-state index contributed by atoms with van der Waals surface area (Å²) in [4.78, 5) is 14.5. The van der Waals surface area contributed by atoms with Gasteiger partial charge in [0, 0.05) is 32.5 Å². The molecule has 0 aliphatic rings. The van der Waals surface area contributed by atoms with E-state index in [2.05, 4.69) is 0 Å². The van der Waals surface area contributed by atoms with Crippen LogP contribution in [0.4, 0.5) is 0 Å². The van der Waals surface area contributed by atoms with E-state index in [1.54, 1.807) is 22.8 Å². The molecule has 0 aliphatic heterocycles. The largest absolute Gasteiger partial charge is 0.308 e. The van der Waals surface area contributed by atoms with Crippen molar-refractivity contribution in [3.05, 3.63) is 156 Å². The second-order valence-corrected chi connectivity index (χ2v) is 10.3. The smallest absolute Gasteiger partial charge is 0.166 e. The van der Waals surface area contributed by atoms with E-state index in [0.29, 0.717) is 27.9 Å². The molecule has 0 unspecified atom stereocenters. The number of benzene rings is 6. The molecule has 0 aliphatic carbocycles. The van der Waals surface area contributed by atoms with Gasteiger partial charge in [-0.25, -0.2) is 15.0 Å². The van der Waals surface area contributed by atoms with Crippen LogP contribution in [0, 0.1) is 0 Å². The van der Waals surface area contributed by atoms with Crippen LogP contribution in [0.15, 0.2) is 151 Å². The molecular weight excluding hydrogens is 560 g/mol. The van der Waals surface area contributed by atoms with Crippen LogP contribution in [0.5, 0.6) is 0 Å². The molecule has 0 saturated heterocycles. The lowest BCUT2D eigenvalue weighted by atomic mass is 10.0. The molecule has 0 atom stereocenters. The summed E-state index contributed by atoms with van der Waals surface area (Å²) < 4.78 is 88.8. The van der Waals surface area contributed by atoms with E-state index in [9.17, 15) is 2.74 Å². The van der Waals surface area contributed by atoms with Crippen molar-refractivity contribution in [2.24, 2.45) is 0 Å². The van der Waals surface area contributed by atoms with Gasteiger partial charge in [0.2, 0.25) is 0 Å². The molecule has 0 spiro atoms. The number of hydrogen-bond donors (Lipinski definition) is 0. The number of halogens is 1. The molecule has 2 aromatic heterocycles. The van der Waals surface area contributed by atoms with Gasteiger partial charge in [0.1, 0.15) is 0 Å². The molecule has 2 heterocycles. The van der Waals surface area contributed by atoms with E-state index < -0.39 is 30.2 Å². The number of rotatable bonds is 5. The van der Waals surface area contributed by atoms with Gasteiger partial charge in [0.25, 0.3) is 0 Å². The van der Waals surface area contributed by atoms with E-state index in [-0.39, 0.29) is 69.0 Å². The molecule has 0 amide bonds. The van der Waals surface area contributed by atoms with Gasteiger partial charge in [-0.15, -0.1) is 0 Å². The number of hydrogen-bond acceptors (Lipinski definition) is 3. The number of para-hydroxylation sites is 1. The van der Waals surface area contributed by atoms with Crippen molar-refractivity contribution in [1.29, 1.82) is 0 Å². The zero-order chi connectivity index (χ0) is 38.2. The monoisotopic (exact) mass is 594 g/mol. The molecule has 8 rings (SSSR count). The van der Waals surface area contributed by atoms with Crippen LogP contribution in [-0.4, -0.2) is 19.5 Å². The first-order valence-corrected chi connectivity index (χ1v) is 14.0. The summed E-state index contributed by atoms with van der Waals surface area (Å²) in [6.45, 7) is 0. The average Bonchev–Trinajstić information content (AvgIpc) is 3.55. The quantitative estimate of drug-likeness (QED) is 0.199. The van der Waals surface area contributed by atoms with Crippen molar-refractivity contribution >= 4 is 33.4 Å². The van der Waals surface area contributed by atoms with Crippen molar-refractivity contribution in [3.63, 3.8) is 0 Å². The first-order valence-electron chi connectivity index (χ1n) is 18.7. The predicted octanol–water partition coefficient (Wildman–Crippen LogP) is 10.3. The van der Waals surface area contributed by atoms with Gasteiger partial charge in [0.15, 0.2) is 17.5 Å². The Morgan fingerprint density at radius 3 is 1.89 bits per heavy atom. The Morgan fingerprint density at radius 2 is 1.18 bits per heavy atom. The van der Waals surface area contributed by atoms with Gasteiger partial charge < -0.3 is 4.57 Å². The zero-order valence-corrected chi connectivity index (χ0v) is 23.6. The lowest BCUT2D eigenvalue weighted by molar-refractivity contribution is 1.06. The van der Waals surface area contributed by atoms with Gasteiger partial charge in [-0.2, -0.15) is 0 Å². The minimum absolute atomic E-state index is 0.00147. The number of aromatic nitrogens is 4. The SMILES string of the molecule is [2H]c1cc([2H])c2c(c1[2H])c1c([2H])c(-c3c([2H])c([2H])c([2H])c([2H])c3[2H])cc([2H])c1n2-c1ccc(Cl)cc1-c1nc(-c2ccccc2)nc(-c2ccccc2)n1. The molecule has 0 N–H and O–H groups in total. The minimum atomic E-state index is -0.602. The third kappa shape index (κ3) is 4.62. The maximum absolute atomic E-state index is 9.46. The van der Waals surface area contributed by atoms with E-state index in [1.807, 2.05) is 60.7 Å². The van der Waals surface area contributed by atoms with Crippen LogP contribution in [0.25, 0.3) is 72.8 Å². The molecule has 6 aromatic carbocycles. The fraction of sp³-hybridized carbons (Fsp3) is 0. The lowest BCUT2D eigenvalue weighted by Gasteiger charge is -2.15. The summed E-state index contributed by atoms with van der Waals surface area (Å²) >= 11 is 6.65. The highest BCUT2D eigenvalue weighted by molar-refractivity contribution is 6.31. The maximum Gasteiger partial charge on any atom is 0.166 e. The fourth-order valence-electron chi connectivity index (χ4n) is 5.18. The maximum atomic E-state index is 9.46. The van der Waals surface area contributed by atoms with Crippen LogP contribution >= 0.6 is 11.6 Å². The third-order valence-corrected chi connectivity index (χ3v) is 7.41. The van der Waals surface area contributed by atoms with Gasteiger partial charge in [-0.05, 0) is 47.5 Å². The minimum Gasteiger partial charge on any atom is -0.308 e.